The smallest absolute Gasteiger partial charge is 0.319 e. The zero-order valence-electron chi connectivity index (χ0n) is 15.8. The summed E-state index contributed by atoms with van der Waals surface area (Å²) in [5.41, 5.74) is 1.74. The molecule has 2 aromatic rings. The molecule has 1 atom stereocenters. The van der Waals surface area contributed by atoms with Gasteiger partial charge in [0.15, 0.2) is 0 Å². The van der Waals surface area contributed by atoms with Gasteiger partial charge in [-0.3, -0.25) is 4.90 Å². The Hall–Kier alpha value is -2.31. The van der Waals surface area contributed by atoms with Gasteiger partial charge in [0.1, 0.15) is 12.4 Å². The molecule has 0 aliphatic heterocycles. The molecule has 0 saturated carbocycles. The van der Waals surface area contributed by atoms with Crippen LogP contribution in [-0.4, -0.2) is 36.6 Å². The number of likely N-dealkylation sites (N-methyl/N-ethyl adjacent to an activating group) is 1. The van der Waals surface area contributed by atoms with Gasteiger partial charge >= 0.3 is 6.03 Å². The van der Waals surface area contributed by atoms with Gasteiger partial charge in [0.05, 0.1) is 12.9 Å². The number of furan rings is 1. The van der Waals surface area contributed by atoms with E-state index in [1.54, 1.807) is 6.26 Å². The van der Waals surface area contributed by atoms with Crippen molar-refractivity contribution in [3.05, 3.63) is 54.0 Å². The van der Waals surface area contributed by atoms with Crippen LogP contribution in [0.5, 0.6) is 0 Å². The van der Waals surface area contributed by atoms with Crippen LogP contribution in [0.2, 0.25) is 0 Å². The first-order valence-corrected chi connectivity index (χ1v) is 9.10. The number of carbonyl (C=O) groups excluding carboxylic acids is 1. The zero-order chi connectivity index (χ0) is 18.8. The predicted octanol–water partition coefficient (Wildman–Crippen LogP) is 3.85. The quantitative estimate of drug-likeness (QED) is 0.676. The van der Waals surface area contributed by atoms with E-state index in [0.717, 1.165) is 30.1 Å². The van der Waals surface area contributed by atoms with Crippen LogP contribution in [0.15, 0.2) is 47.1 Å². The summed E-state index contributed by atoms with van der Waals surface area (Å²) in [7, 11) is 0. The van der Waals surface area contributed by atoms with Gasteiger partial charge in [-0.2, -0.15) is 0 Å². The van der Waals surface area contributed by atoms with Gasteiger partial charge in [0.25, 0.3) is 0 Å². The van der Waals surface area contributed by atoms with Crippen molar-refractivity contribution in [1.29, 1.82) is 0 Å². The number of hydrogen-bond donors (Lipinski definition) is 2. The summed E-state index contributed by atoms with van der Waals surface area (Å²) in [6.45, 7) is 9.80. The summed E-state index contributed by atoms with van der Waals surface area (Å²) in [4.78, 5) is 14.4. The molecule has 1 unspecified atom stereocenters. The van der Waals surface area contributed by atoms with Crippen molar-refractivity contribution in [1.82, 2.24) is 10.2 Å². The lowest BCUT2D eigenvalue weighted by Crippen LogP contribution is -2.43. The van der Waals surface area contributed by atoms with Crippen LogP contribution in [0, 0.1) is 0 Å². The third kappa shape index (κ3) is 6.54. The fourth-order valence-corrected chi connectivity index (χ4v) is 2.79. The molecule has 6 heteroatoms. The highest BCUT2D eigenvalue weighted by atomic mass is 16.5. The Kier molecular flexibility index (Phi) is 8.18. The fourth-order valence-electron chi connectivity index (χ4n) is 2.79. The number of carbonyl (C=O) groups is 1. The van der Waals surface area contributed by atoms with E-state index in [2.05, 4.69) is 36.3 Å². The normalized spacial score (nSPS) is 12.2. The summed E-state index contributed by atoms with van der Waals surface area (Å²) < 4.78 is 10.9. The van der Waals surface area contributed by atoms with Crippen LogP contribution in [-0.2, 0) is 18.0 Å². The Morgan fingerprint density at radius 1 is 1.19 bits per heavy atom. The summed E-state index contributed by atoms with van der Waals surface area (Å²) >= 11 is 0. The SMILES string of the molecule is CCN(CC)C(C)CNC(=O)Nc1cccc(COCc2ccco2)c1. The van der Waals surface area contributed by atoms with E-state index in [0.29, 0.717) is 25.8 Å². The summed E-state index contributed by atoms with van der Waals surface area (Å²) in [6.07, 6.45) is 1.63. The summed E-state index contributed by atoms with van der Waals surface area (Å²) in [6, 6.07) is 11.5. The largest absolute Gasteiger partial charge is 0.467 e. The molecule has 6 nitrogen and oxygen atoms in total. The van der Waals surface area contributed by atoms with Crippen molar-refractivity contribution < 1.29 is 13.9 Å². The minimum Gasteiger partial charge on any atom is -0.467 e. The van der Waals surface area contributed by atoms with E-state index in [1.807, 2.05) is 36.4 Å². The fraction of sp³-hybridized carbons (Fsp3) is 0.450. The number of nitrogens with one attached hydrogen (secondary N) is 2. The third-order valence-corrected chi connectivity index (χ3v) is 4.27. The van der Waals surface area contributed by atoms with Gasteiger partial charge in [-0.15, -0.1) is 0 Å². The zero-order valence-corrected chi connectivity index (χ0v) is 15.8. The van der Waals surface area contributed by atoms with Crippen molar-refractivity contribution in [3.8, 4) is 0 Å². The minimum absolute atomic E-state index is 0.197. The number of ether oxygens (including phenoxy) is 1. The molecule has 1 aromatic carbocycles. The van der Waals surface area contributed by atoms with E-state index in [-0.39, 0.29) is 6.03 Å². The van der Waals surface area contributed by atoms with Crippen molar-refractivity contribution in [3.63, 3.8) is 0 Å². The molecule has 1 heterocycles. The molecule has 2 amide bonds. The number of anilines is 1. The maximum atomic E-state index is 12.1. The predicted molar refractivity (Wildman–Crippen MR) is 103 cm³/mol. The highest BCUT2D eigenvalue weighted by molar-refractivity contribution is 5.89. The molecule has 142 valence electrons. The Labute approximate surface area is 155 Å². The highest BCUT2D eigenvalue weighted by Gasteiger charge is 2.11. The Morgan fingerprint density at radius 2 is 2.00 bits per heavy atom. The molecule has 0 aliphatic rings. The van der Waals surface area contributed by atoms with Crippen molar-refractivity contribution in [2.45, 2.75) is 40.0 Å². The molecule has 26 heavy (non-hydrogen) atoms. The molecular weight excluding hydrogens is 330 g/mol. The Morgan fingerprint density at radius 3 is 2.69 bits per heavy atom. The number of amides is 2. The number of benzene rings is 1. The first-order chi connectivity index (χ1) is 12.6. The van der Waals surface area contributed by atoms with Gasteiger partial charge in [0, 0.05) is 18.3 Å². The maximum Gasteiger partial charge on any atom is 0.319 e. The van der Waals surface area contributed by atoms with E-state index in [1.165, 1.54) is 0 Å². The Bertz CT molecular complexity index is 654. The van der Waals surface area contributed by atoms with Crippen LogP contribution in [0.25, 0.3) is 0 Å². The standard InChI is InChI=1S/C20H29N3O3/c1-4-23(5-2)16(3)13-21-20(24)22-18-9-6-8-17(12-18)14-25-15-19-10-7-11-26-19/h6-12,16H,4-5,13-15H2,1-3H3,(H2,21,22,24). The highest BCUT2D eigenvalue weighted by Crippen LogP contribution is 2.13. The van der Waals surface area contributed by atoms with Crippen LogP contribution >= 0.6 is 0 Å². The lowest BCUT2D eigenvalue weighted by atomic mass is 10.2. The van der Waals surface area contributed by atoms with Crippen LogP contribution in [0.3, 0.4) is 0 Å². The lowest BCUT2D eigenvalue weighted by molar-refractivity contribution is 0.0930. The molecule has 0 aliphatic carbocycles. The lowest BCUT2D eigenvalue weighted by Gasteiger charge is -2.26. The second-order valence-electron chi connectivity index (χ2n) is 6.18. The third-order valence-electron chi connectivity index (χ3n) is 4.27. The number of hydrogen-bond acceptors (Lipinski definition) is 4. The first kappa shape index (κ1) is 20.0. The number of nitrogens with zero attached hydrogens (tertiary/aromatic N) is 1. The second kappa shape index (κ2) is 10.6. The van der Waals surface area contributed by atoms with E-state index >= 15 is 0 Å². The first-order valence-electron chi connectivity index (χ1n) is 9.10. The average Bonchev–Trinajstić information content (AvgIpc) is 3.15. The molecule has 0 saturated heterocycles. The monoisotopic (exact) mass is 359 g/mol. The van der Waals surface area contributed by atoms with Crippen molar-refractivity contribution in [2.24, 2.45) is 0 Å². The second-order valence-corrected chi connectivity index (χ2v) is 6.18. The molecule has 1 aromatic heterocycles. The molecule has 2 N–H and O–H groups in total. The molecule has 2 rings (SSSR count). The van der Waals surface area contributed by atoms with Crippen LogP contribution < -0.4 is 10.6 Å². The Balaban J connectivity index is 1.77. The molecule has 0 spiro atoms. The van der Waals surface area contributed by atoms with Gasteiger partial charge in [-0.05, 0) is 49.8 Å². The summed E-state index contributed by atoms with van der Waals surface area (Å²) in [5, 5.41) is 5.80. The number of rotatable bonds is 10. The molecule has 0 radical (unpaired) electrons. The number of urea groups is 1. The molecule has 0 fully saturated rings. The minimum atomic E-state index is -0.197. The van der Waals surface area contributed by atoms with Crippen LogP contribution in [0.1, 0.15) is 32.1 Å². The van der Waals surface area contributed by atoms with Gasteiger partial charge in [0.2, 0.25) is 0 Å². The van der Waals surface area contributed by atoms with Crippen molar-refractivity contribution in [2.75, 3.05) is 25.0 Å². The van der Waals surface area contributed by atoms with Gasteiger partial charge < -0.3 is 19.8 Å². The maximum absolute atomic E-state index is 12.1. The molecule has 0 bridgehead atoms. The topological polar surface area (TPSA) is 66.7 Å². The van der Waals surface area contributed by atoms with E-state index in [9.17, 15) is 4.79 Å². The van der Waals surface area contributed by atoms with Crippen LogP contribution in [0.4, 0.5) is 10.5 Å². The van der Waals surface area contributed by atoms with Gasteiger partial charge in [-0.25, -0.2) is 4.79 Å². The van der Waals surface area contributed by atoms with E-state index < -0.39 is 0 Å². The van der Waals surface area contributed by atoms with Gasteiger partial charge in [-0.1, -0.05) is 26.0 Å². The van der Waals surface area contributed by atoms with E-state index in [4.69, 9.17) is 9.15 Å². The average molecular weight is 359 g/mol. The van der Waals surface area contributed by atoms with Crippen molar-refractivity contribution >= 4 is 11.7 Å². The molecular formula is C20H29N3O3. The summed E-state index contributed by atoms with van der Waals surface area (Å²) in [5.74, 6) is 0.793.